The average Bonchev–Trinajstić information content (AvgIpc) is 3.17. The van der Waals surface area contributed by atoms with Crippen LogP contribution in [0, 0.1) is 18.3 Å². The van der Waals surface area contributed by atoms with Crippen LogP contribution >= 0.6 is 0 Å². The van der Waals surface area contributed by atoms with Crippen molar-refractivity contribution in [1.29, 1.82) is 0 Å². The average molecular weight is 924 g/mol. The van der Waals surface area contributed by atoms with Crippen molar-refractivity contribution in [2.75, 3.05) is 12.0 Å². The van der Waals surface area contributed by atoms with Gasteiger partial charge in [0.2, 0.25) is 41.2 Å². The Morgan fingerprint density at radius 3 is 1.73 bits per heavy atom. The Bertz CT molecular complexity index is 1980. The molecule has 6 atom stereocenters. The molecular formula is C42H65N7O14S. The number of Topliss-reactive ketones (excluding diaryl/α,β-unsaturated/α-hetero) is 1. The van der Waals surface area contributed by atoms with Crippen molar-refractivity contribution in [3.8, 4) is 0 Å². The molecule has 0 aliphatic carbocycles. The zero-order valence-corrected chi connectivity index (χ0v) is 38.5. The van der Waals surface area contributed by atoms with E-state index in [1.165, 1.54) is 0 Å². The van der Waals surface area contributed by atoms with Gasteiger partial charge in [0.1, 0.15) is 40.0 Å². The highest BCUT2D eigenvalue weighted by atomic mass is 32.2. The summed E-state index contributed by atoms with van der Waals surface area (Å²) in [6, 6.07) is -2.11. The highest BCUT2D eigenvalue weighted by Crippen LogP contribution is 2.21. The lowest BCUT2D eigenvalue weighted by Gasteiger charge is -2.34. The number of rotatable bonds is 28. The molecule has 1 aromatic carbocycles. The number of carboxylic acids is 2. The Kier molecular flexibility index (Phi) is 22.8. The second kappa shape index (κ2) is 26.0. The quantitative estimate of drug-likeness (QED) is 0.0482. The number of unbranched alkanes of at least 4 members (excludes halogenated alkanes) is 1. The Morgan fingerprint density at radius 1 is 0.688 bits per heavy atom. The van der Waals surface area contributed by atoms with Gasteiger partial charge in [-0.2, -0.15) is 0 Å². The molecule has 0 bridgehead atoms. The number of nitrogens with one attached hydrogen (secondary N) is 6. The van der Waals surface area contributed by atoms with Gasteiger partial charge in [0.15, 0.2) is 0 Å². The summed E-state index contributed by atoms with van der Waals surface area (Å²) in [5, 5.41) is 33.1. The van der Waals surface area contributed by atoms with Gasteiger partial charge in [-0.1, -0.05) is 78.6 Å². The van der Waals surface area contributed by atoms with Crippen LogP contribution in [0.3, 0.4) is 0 Å². The first kappa shape index (κ1) is 56.1. The van der Waals surface area contributed by atoms with Gasteiger partial charge in [-0.3, -0.25) is 47.9 Å². The van der Waals surface area contributed by atoms with E-state index in [1.807, 2.05) is 6.92 Å². The molecule has 0 aliphatic heterocycles. The summed E-state index contributed by atoms with van der Waals surface area (Å²) >= 11 is 0. The van der Waals surface area contributed by atoms with Crippen LogP contribution in [-0.2, 0) is 64.2 Å². The van der Waals surface area contributed by atoms with Crippen molar-refractivity contribution in [2.45, 2.75) is 143 Å². The van der Waals surface area contributed by atoms with Crippen LogP contribution in [0.25, 0.3) is 0 Å². The Labute approximate surface area is 373 Å². The fourth-order valence-corrected chi connectivity index (χ4v) is 6.95. The van der Waals surface area contributed by atoms with Crippen molar-refractivity contribution in [2.24, 2.45) is 17.1 Å². The van der Waals surface area contributed by atoms with Gasteiger partial charge < -0.3 is 47.8 Å². The molecule has 1 aromatic rings. The molecule has 0 aromatic heterocycles. The van der Waals surface area contributed by atoms with E-state index in [2.05, 4.69) is 31.9 Å². The molecule has 10 N–H and O–H groups in total. The third-order valence-corrected chi connectivity index (χ3v) is 10.8. The first-order valence-corrected chi connectivity index (χ1v) is 22.9. The monoisotopic (exact) mass is 923 g/mol. The summed E-state index contributed by atoms with van der Waals surface area (Å²) in [4.78, 5) is 129. The minimum absolute atomic E-state index is 0.0829. The minimum Gasteiger partial charge on any atom is -0.481 e. The van der Waals surface area contributed by atoms with Gasteiger partial charge in [0.25, 0.3) is 5.91 Å². The van der Waals surface area contributed by atoms with E-state index < -0.39 is 142 Å². The van der Waals surface area contributed by atoms with E-state index in [0.29, 0.717) is 24.0 Å². The molecular weight excluding hydrogens is 859 g/mol. The number of ketones is 1. The van der Waals surface area contributed by atoms with Gasteiger partial charge >= 0.3 is 11.9 Å². The summed E-state index contributed by atoms with van der Waals surface area (Å²) < 4.78 is 24.4. The van der Waals surface area contributed by atoms with Crippen molar-refractivity contribution >= 4 is 68.9 Å². The van der Waals surface area contributed by atoms with Crippen LogP contribution in [0.2, 0.25) is 0 Å². The number of carbonyl (C=O) groups is 10. The first-order valence-electron chi connectivity index (χ1n) is 20.9. The van der Waals surface area contributed by atoms with Gasteiger partial charge in [-0.05, 0) is 48.6 Å². The number of hydrogen-bond donors (Lipinski definition) is 9. The van der Waals surface area contributed by atoms with Gasteiger partial charge in [0, 0.05) is 19.1 Å². The van der Waals surface area contributed by atoms with Crippen LogP contribution in [0.5, 0.6) is 0 Å². The largest absolute Gasteiger partial charge is 0.481 e. The zero-order valence-electron chi connectivity index (χ0n) is 37.7. The van der Waals surface area contributed by atoms with E-state index in [9.17, 15) is 61.5 Å². The summed E-state index contributed by atoms with van der Waals surface area (Å²) in [7, 11) is -3.79. The standard InChI is InChI=1S/C42H65N7O14S/c1-9-10-15-26(34(55)36(43)56)45-38(58)28(20-23(2)3)48-41(61)35(42(5,6)7)49-40(60)29(21-25-14-12-11-13-24(25)4)47-37(57)27(18-19-64(8,62)63)46-39(59)30(22-33(53)54)44-31(50)16-17-32(51)52/h11-14,23,26-30,35H,9-10,15-22H2,1-8H3,(H2,43,56)(H,44,50)(H,45,58)(H,46,59)(H,47,57)(H,48,61)(H,49,60)(H,51,52)(H,53,54)/t26-,27-,28-,29-,30-,35+/m0/s1. The Balaban J connectivity index is 3.64. The van der Waals surface area contributed by atoms with E-state index in [1.54, 1.807) is 65.8 Å². The number of sulfone groups is 1. The fraction of sp³-hybridized carbons (Fsp3) is 0.619. The van der Waals surface area contributed by atoms with Gasteiger partial charge in [-0.25, -0.2) is 8.42 Å². The van der Waals surface area contributed by atoms with E-state index in [0.717, 1.165) is 6.26 Å². The second-order valence-corrected chi connectivity index (χ2v) is 19.5. The van der Waals surface area contributed by atoms with Gasteiger partial charge in [-0.15, -0.1) is 0 Å². The second-order valence-electron chi connectivity index (χ2n) is 17.2. The van der Waals surface area contributed by atoms with Crippen molar-refractivity contribution in [3.05, 3.63) is 35.4 Å². The summed E-state index contributed by atoms with van der Waals surface area (Å²) in [6.07, 6.45) is -0.812. The minimum atomic E-state index is -3.79. The number of aryl methyl sites for hydroxylation is 1. The third kappa shape index (κ3) is 21.0. The normalized spacial score (nSPS) is 14.3. The summed E-state index contributed by atoms with van der Waals surface area (Å²) in [6.45, 7) is 12.0. The van der Waals surface area contributed by atoms with Crippen molar-refractivity contribution < 1.29 is 66.6 Å². The number of benzene rings is 1. The Hall–Kier alpha value is -5.93. The Morgan fingerprint density at radius 2 is 1.22 bits per heavy atom. The topological polar surface area (TPSA) is 343 Å². The van der Waals surface area contributed by atoms with E-state index in [4.69, 9.17) is 10.8 Å². The number of amides is 7. The smallest absolute Gasteiger partial charge is 0.305 e. The number of aliphatic carboxylic acids is 2. The molecule has 22 heteroatoms. The predicted octanol–water partition coefficient (Wildman–Crippen LogP) is -0.443. The van der Waals surface area contributed by atoms with Gasteiger partial charge in [0.05, 0.1) is 24.6 Å². The SMILES string of the molecule is CCCC[C@H](NC(=O)[C@H](CC(C)C)NC(=O)[C@@H](NC(=O)[C@H](Cc1ccccc1C)NC(=O)[C@H](CCS(C)(=O)=O)NC(=O)[C@H](CC(=O)O)NC(=O)CCC(=O)O)C(C)(C)C)C(=O)C(N)=O. The molecule has 7 amide bonds. The van der Waals surface area contributed by atoms with Crippen LogP contribution in [-0.4, -0.2) is 126 Å². The van der Waals surface area contributed by atoms with Crippen molar-refractivity contribution in [1.82, 2.24) is 31.9 Å². The first-order chi connectivity index (χ1) is 29.6. The summed E-state index contributed by atoms with van der Waals surface area (Å²) in [5.74, 6) is -11.8. The molecule has 0 aliphatic rings. The fourth-order valence-electron chi connectivity index (χ4n) is 6.28. The molecule has 358 valence electrons. The molecule has 0 saturated heterocycles. The lowest BCUT2D eigenvalue weighted by atomic mass is 9.85. The highest BCUT2D eigenvalue weighted by Gasteiger charge is 2.39. The molecule has 0 fully saturated rings. The molecule has 1 rings (SSSR count). The van der Waals surface area contributed by atoms with E-state index in [-0.39, 0.29) is 25.2 Å². The molecule has 0 spiro atoms. The lowest BCUT2D eigenvalue weighted by Crippen LogP contribution is -2.62. The maximum atomic E-state index is 14.4. The van der Waals surface area contributed by atoms with E-state index >= 15 is 0 Å². The highest BCUT2D eigenvalue weighted by molar-refractivity contribution is 7.90. The number of hydrogen-bond acceptors (Lipinski definition) is 12. The predicted molar refractivity (Wildman–Crippen MR) is 233 cm³/mol. The molecule has 0 radical (unpaired) electrons. The number of carboxylic acid groups (broad SMARTS) is 2. The molecule has 64 heavy (non-hydrogen) atoms. The van der Waals surface area contributed by atoms with Crippen LogP contribution < -0.4 is 37.6 Å². The molecule has 0 saturated carbocycles. The van der Waals surface area contributed by atoms with Crippen LogP contribution in [0.4, 0.5) is 0 Å². The number of carbonyl (C=O) groups excluding carboxylic acids is 8. The third-order valence-electron chi connectivity index (χ3n) is 9.80. The lowest BCUT2D eigenvalue weighted by molar-refractivity contribution is -0.142. The molecule has 21 nitrogen and oxygen atoms in total. The van der Waals surface area contributed by atoms with Crippen LogP contribution in [0.1, 0.15) is 104 Å². The molecule has 0 unspecified atom stereocenters. The maximum Gasteiger partial charge on any atom is 0.305 e. The molecule has 0 heterocycles. The maximum absolute atomic E-state index is 14.4. The van der Waals surface area contributed by atoms with Crippen LogP contribution in [0.15, 0.2) is 24.3 Å². The number of primary amides is 1. The number of nitrogens with two attached hydrogens (primary N) is 1. The van der Waals surface area contributed by atoms with Crippen molar-refractivity contribution in [3.63, 3.8) is 0 Å². The summed E-state index contributed by atoms with van der Waals surface area (Å²) in [5.41, 5.74) is 5.44. The zero-order chi connectivity index (χ0) is 49.1.